The average Bonchev–Trinajstić information content (AvgIpc) is 3.51. The van der Waals surface area contributed by atoms with Gasteiger partial charge in [0.2, 0.25) is 5.91 Å². The van der Waals surface area contributed by atoms with Gasteiger partial charge in [-0.1, -0.05) is 42.5 Å². The largest absolute Gasteiger partial charge is 0.334 e. The summed E-state index contributed by atoms with van der Waals surface area (Å²) in [5, 5.41) is 15.4. The van der Waals surface area contributed by atoms with Crippen molar-refractivity contribution in [1.82, 2.24) is 19.7 Å². The standard InChI is InChI=1S/C22H23N5O3/c1-16(18-10-11-18)26(13-17-6-3-2-4-7-17)21(28)14-25-15-23-22(24-25)19-8-5-9-20(12-19)27(29)30/h2-9,12,15-16,18H,10-11,13-14H2,1H3. The van der Waals surface area contributed by atoms with Gasteiger partial charge < -0.3 is 4.90 Å². The topological polar surface area (TPSA) is 94.2 Å². The number of nitro benzene ring substituents is 1. The molecule has 0 spiro atoms. The van der Waals surface area contributed by atoms with Crippen LogP contribution in [0.15, 0.2) is 60.9 Å². The molecule has 0 N–H and O–H groups in total. The molecule has 0 aliphatic heterocycles. The van der Waals surface area contributed by atoms with E-state index in [0.29, 0.717) is 23.9 Å². The molecule has 30 heavy (non-hydrogen) atoms. The molecule has 154 valence electrons. The van der Waals surface area contributed by atoms with Crippen LogP contribution in [0.5, 0.6) is 0 Å². The van der Waals surface area contributed by atoms with Crippen molar-refractivity contribution >= 4 is 11.6 Å². The second-order valence-electron chi connectivity index (χ2n) is 7.66. The second-order valence-corrected chi connectivity index (χ2v) is 7.66. The summed E-state index contributed by atoms with van der Waals surface area (Å²) >= 11 is 0. The molecule has 0 saturated heterocycles. The Labute approximate surface area is 174 Å². The molecule has 0 radical (unpaired) electrons. The number of aromatic nitrogens is 3. The van der Waals surface area contributed by atoms with Crippen LogP contribution in [0.25, 0.3) is 11.4 Å². The van der Waals surface area contributed by atoms with Crippen LogP contribution >= 0.6 is 0 Å². The van der Waals surface area contributed by atoms with E-state index in [1.165, 1.54) is 23.1 Å². The summed E-state index contributed by atoms with van der Waals surface area (Å²) in [5.74, 6) is 0.888. The molecule has 1 unspecified atom stereocenters. The highest BCUT2D eigenvalue weighted by Gasteiger charge is 2.34. The molecular weight excluding hydrogens is 382 g/mol. The fourth-order valence-electron chi connectivity index (χ4n) is 3.56. The summed E-state index contributed by atoms with van der Waals surface area (Å²) in [4.78, 5) is 29.8. The van der Waals surface area contributed by atoms with Gasteiger partial charge >= 0.3 is 0 Å². The van der Waals surface area contributed by atoms with Crippen LogP contribution in [0, 0.1) is 16.0 Å². The average molecular weight is 405 g/mol. The third-order valence-corrected chi connectivity index (χ3v) is 5.46. The van der Waals surface area contributed by atoms with Crippen LogP contribution in [0.4, 0.5) is 5.69 Å². The highest BCUT2D eigenvalue weighted by Crippen LogP contribution is 2.35. The number of carbonyl (C=O) groups is 1. The Hall–Kier alpha value is -3.55. The second kappa shape index (κ2) is 8.44. The first-order valence-corrected chi connectivity index (χ1v) is 9.99. The van der Waals surface area contributed by atoms with E-state index in [-0.39, 0.29) is 24.2 Å². The number of non-ortho nitro benzene ring substituents is 1. The Morgan fingerprint density at radius 2 is 2.00 bits per heavy atom. The molecule has 1 aliphatic carbocycles. The predicted molar refractivity (Wildman–Crippen MR) is 111 cm³/mol. The van der Waals surface area contributed by atoms with E-state index in [0.717, 1.165) is 18.4 Å². The Morgan fingerprint density at radius 1 is 1.23 bits per heavy atom. The number of carbonyl (C=O) groups excluding carboxylic acids is 1. The van der Waals surface area contributed by atoms with Crippen molar-refractivity contribution in [3.8, 4) is 11.4 Å². The number of benzene rings is 2. The lowest BCUT2D eigenvalue weighted by Crippen LogP contribution is -2.41. The van der Waals surface area contributed by atoms with Crippen LogP contribution in [0.2, 0.25) is 0 Å². The molecular formula is C22H23N5O3. The van der Waals surface area contributed by atoms with Crippen LogP contribution < -0.4 is 0 Å². The fraction of sp³-hybridized carbons (Fsp3) is 0.318. The summed E-state index contributed by atoms with van der Waals surface area (Å²) in [7, 11) is 0. The molecule has 1 fully saturated rings. The van der Waals surface area contributed by atoms with Gasteiger partial charge in [-0.05, 0) is 31.2 Å². The minimum atomic E-state index is -0.454. The predicted octanol–water partition coefficient (Wildman–Crippen LogP) is 3.68. The zero-order valence-electron chi connectivity index (χ0n) is 16.7. The van der Waals surface area contributed by atoms with E-state index >= 15 is 0 Å². The Bertz CT molecular complexity index is 1050. The van der Waals surface area contributed by atoms with Crippen molar-refractivity contribution in [3.63, 3.8) is 0 Å². The number of hydrogen-bond donors (Lipinski definition) is 0. The zero-order chi connectivity index (χ0) is 21.1. The van der Waals surface area contributed by atoms with Crippen molar-refractivity contribution in [3.05, 3.63) is 76.6 Å². The highest BCUT2D eigenvalue weighted by atomic mass is 16.6. The Balaban J connectivity index is 1.50. The molecule has 1 saturated carbocycles. The normalized spacial score (nSPS) is 14.3. The van der Waals surface area contributed by atoms with E-state index in [1.54, 1.807) is 12.1 Å². The minimum absolute atomic E-state index is 0.0197. The molecule has 1 amide bonds. The van der Waals surface area contributed by atoms with Crippen LogP contribution in [0.1, 0.15) is 25.3 Å². The fourth-order valence-corrected chi connectivity index (χ4v) is 3.56. The lowest BCUT2D eigenvalue weighted by molar-refractivity contribution is -0.384. The SMILES string of the molecule is CC(C1CC1)N(Cc1ccccc1)C(=O)Cn1cnc(-c2cccc([N+](=O)[O-])c2)n1. The summed E-state index contributed by atoms with van der Waals surface area (Å²) < 4.78 is 1.49. The van der Waals surface area contributed by atoms with Gasteiger partial charge in [-0.25, -0.2) is 9.67 Å². The maximum Gasteiger partial charge on any atom is 0.270 e. The molecule has 4 rings (SSSR count). The van der Waals surface area contributed by atoms with Crippen molar-refractivity contribution in [2.75, 3.05) is 0 Å². The molecule has 0 bridgehead atoms. The van der Waals surface area contributed by atoms with Gasteiger partial charge in [0.15, 0.2) is 5.82 Å². The first-order chi connectivity index (χ1) is 14.5. The molecule has 2 aromatic carbocycles. The number of amides is 1. The highest BCUT2D eigenvalue weighted by molar-refractivity contribution is 5.76. The summed E-state index contributed by atoms with van der Waals surface area (Å²) in [6.45, 7) is 2.74. The molecule has 1 atom stereocenters. The molecule has 3 aromatic rings. The van der Waals surface area contributed by atoms with Gasteiger partial charge in [0.1, 0.15) is 12.9 Å². The number of nitro groups is 1. The molecule has 1 heterocycles. The minimum Gasteiger partial charge on any atom is -0.334 e. The summed E-state index contributed by atoms with van der Waals surface area (Å²) in [6.07, 6.45) is 3.80. The van der Waals surface area contributed by atoms with Crippen LogP contribution in [0.3, 0.4) is 0 Å². The van der Waals surface area contributed by atoms with E-state index in [1.807, 2.05) is 35.2 Å². The number of rotatable bonds is 8. The number of nitrogens with zero attached hydrogens (tertiary/aromatic N) is 5. The molecule has 8 heteroatoms. The first kappa shape index (κ1) is 19.8. The van der Waals surface area contributed by atoms with Gasteiger partial charge in [0.05, 0.1) is 4.92 Å². The third-order valence-electron chi connectivity index (χ3n) is 5.46. The maximum absolute atomic E-state index is 13.1. The number of hydrogen-bond acceptors (Lipinski definition) is 5. The first-order valence-electron chi connectivity index (χ1n) is 9.99. The monoisotopic (exact) mass is 405 g/mol. The smallest absolute Gasteiger partial charge is 0.270 e. The van der Waals surface area contributed by atoms with Crippen molar-refractivity contribution < 1.29 is 9.72 Å². The third kappa shape index (κ3) is 4.53. The van der Waals surface area contributed by atoms with E-state index in [9.17, 15) is 14.9 Å². The van der Waals surface area contributed by atoms with Crippen molar-refractivity contribution in [1.29, 1.82) is 0 Å². The van der Waals surface area contributed by atoms with E-state index in [4.69, 9.17) is 0 Å². The van der Waals surface area contributed by atoms with E-state index < -0.39 is 4.92 Å². The van der Waals surface area contributed by atoms with Crippen LogP contribution in [-0.2, 0) is 17.9 Å². The summed E-state index contributed by atoms with van der Waals surface area (Å²) in [6, 6.07) is 16.3. The van der Waals surface area contributed by atoms with E-state index in [2.05, 4.69) is 17.0 Å². The Kier molecular flexibility index (Phi) is 5.56. The lowest BCUT2D eigenvalue weighted by atomic mass is 10.1. The lowest BCUT2D eigenvalue weighted by Gasteiger charge is -2.29. The molecule has 8 nitrogen and oxygen atoms in total. The van der Waals surface area contributed by atoms with Gasteiger partial charge in [0, 0.05) is 30.3 Å². The molecule has 1 aromatic heterocycles. The quantitative estimate of drug-likeness (QED) is 0.421. The van der Waals surface area contributed by atoms with Crippen molar-refractivity contribution in [2.45, 2.75) is 38.9 Å². The van der Waals surface area contributed by atoms with Gasteiger partial charge in [-0.15, -0.1) is 0 Å². The Morgan fingerprint density at radius 3 is 2.70 bits per heavy atom. The van der Waals surface area contributed by atoms with Gasteiger partial charge in [0.25, 0.3) is 5.69 Å². The summed E-state index contributed by atoms with van der Waals surface area (Å²) in [5.41, 5.74) is 1.62. The van der Waals surface area contributed by atoms with Gasteiger partial charge in [-0.3, -0.25) is 14.9 Å². The van der Waals surface area contributed by atoms with Crippen molar-refractivity contribution in [2.24, 2.45) is 5.92 Å². The van der Waals surface area contributed by atoms with Gasteiger partial charge in [-0.2, -0.15) is 5.10 Å². The molecule has 1 aliphatic rings. The maximum atomic E-state index is 13.1. The van der Waals surface area contributed by atoms with Crippen LogP contribution in [-0.4, -0.2) is 36.5 Å². The zero-order valence-corrected chi connectivity index (χ0v) is 16.7.